The number of hydrogen-bond acceptors (Lipinski definition) is 3. The molecular weight excluding hydrogens is 443 g/mol. The number of nitrogens with zero attached hydrogens (tertiary/aromatic N) is 2. The molecule has 1 heterocycles. The monoisotopic (exact) mass is 480 g/mol. The second-order valence-corrected chi connectivity index (χ2v) is 7.43. The average molecular weight is 480 g/mol. The summed E-state index contributed by atoms with van der Waals surface area (Å²) in [6.07, 6.45) is 9.32. The predicted molar refractivity (Wildman–Crippen MR) is 117 cm³/mol. The number of guanidine groups is 1. The van der Waals surface area contributed by atoms with Gasteiger partial charge in [-0.15, -0.1) is 24.0 Å². The van der Waals surface area contributed by atoms with Crippen LogP contribution in [0.1, 0.15) is 58.3 Å². The lowest BCUT2D eigenvalue weighted by Crippen LogP contribution is -2.47. The zero-order valence-corrected chi connectivity index (χ0v) is 18.7. The number of hydrogen-bond donors (Lipinski definition) is 2. The largest absolute Gasteiger partial charge is 0.378 e. The predicted octanol–water partition coefficient (Wildman–Crippen LogP) is 2.75. The SMILES string of the molecule is CCOC(CCNC(=NC)N1CCCC(CC(N)=O)C1)C1CCCC1.I. The van der Waals surface area contributed by atoms with Crippen LogP contribution in [0, 0.1) is 11.8 Å². The van der Waals surface area contributed by atoms with Crippen molar-refractivity contribution >= 4 is 35.8 Å². The number of halogens is 1. The van der Waals surface area contributed by atoms with Crippen molar-refractivity contribution in [2.75, 3.05) is 33.3 Å². The van der Waals surface area contributed by atoms with Gasteiger partial charge in [0.2, 0.25) is 5.91 Å². The van der Waals surface area contributed by atoms with E-state index in [1.165, 1.54) is 25.7 Å². The highest BCUT2D eigenvalue weighted by Gasteiger charge is 2.26. The van der Waals surface area contributed by atoms with E-state index in [4.69, 9.17) is 10.5 Å². The summed E-state index contributed by atoms with van der Waals surface area (Å²) in [4.78, 5) is 17.9. The highest BCUT2D eigenvalue weighted by Crippen LogP contribution is 2.30. The maximum atomic E-state index is 11.2. The molecule has 1 aliphatic heterocycles. The summed E-state index contributed by atoms with van der Waals surface area (Å²) in [5.74, 6) is 1.81. The summed E-state index contributed by atoms with van der Waals surface area (Å²) in [6.45, 7) is 5.61. The minimum absolute atomic E-state index is 0. The van der Waals surface area contributed by atoms with Crippen LogP contribution in [0.15, 0.2) is 4.99 Å². The molecule has 1 amide bonds. The maximum absolute atomic E-state index is 11.2. The Morgan fingerprint density at radius 1 is 1.31 bits per heavy atom. The standard InChI is InChI=1S/C19H36N4O2.HI/c1-3-25-17(16-8-4-5-9-16)10-11-22-19(21-2)23-12-6-7-15(14-23)13-18(20)24;/h15-17H,3-14H2,1-2H3,(H2,20,24)(H,21,22);1H. The quantitative estimate of drug-likeness (QED) is 0.318. The first-order valence-electron chi connectivity index (χ1n) is 9.99. The van der Waals surface area contributed by atoms with Crippen LogP contribution >= 0.6 is 24.0 Å². The van der Waals surface area contributed by atoms with E-state index in [-0.39, 0.29) is 29.9 Å². The number of ether oxygens (including phenoxy) is 1. The van der Waals surface area contributed by atoms with Crippen molar-refractivity contribution in [1.29, 1.82) is 0 Å². The molecule has 1 saturated carbocycles. The lowest BCUT2D eigenvalue weighted by molar-refractivity contribution is -0.119. The van der Waals surface area contributed by atoms with Gasteiger partial charge < -0.3 is 20.7 Å². The smallest absolute Gasteiger partial charge is 0.217 e. The van der Waals surface area contributed by atoms with E-state index in [1.54, 1.807) is 0 Å². The Bertz CT molecular complexity index is 441. The van der Waals surface area contributed by atoms with Crippen molar-refractivity contribution in [3.05, 3.63) is 0 Å². The van der Waals surface area contributed by atoms with Gasteiger partial charge in [0.1, 0.15) is 0 Å². The Balaban J connectivity index is 0.00000338. The molecule has 26 heavy (non-hydrogen) atoms. The number of piperidine rings is 1. The first-order chi connectivity index (χ1) is 12.1. The summed E-state index contributed by atoms with van der Waals surface area (Å²) in [7, 11) is 1.83. The Kier molecular flexibility index (Phi) is 11.5. The van der Waals surface area contributed by atoms with E-state index >= 15 is 0 Å². The number of carbonyl (C=O) groups is 1. The van der Waals surface area contributed by atoms with Gasteiger partial charge in [0.05, 0.1) is 6.10 Å². The van der Waals surface area contributed by atoms with Crippen LogP contribution in [0.4, 0.5) is 0 Å². The summed E-state index contributed by atoms with van der Waals surface area (Å²) >= 11 is 0. The van der Waals surface area contributed by atoms with E-state index in [0.717, 1.165) is 57.4 Å². The van der Waals surface area contributed by atoms with Gasteiger partial charge in [0.25, 0.3) is 0 Å². The Morgan fingerprint density at radius 2 is 2.04 bits per heavy atom. The number of aliphatic imine (C=N–C) groups is 1. The number of nitrogens with two attached hydrogens (primary N) is 1. The second kappa shape index (κ2) is 12.8. The van der Waals surface area contributed by atoms with E-state index in [9.17, 15) is 4.79 Å². The van der Waals surface area contributed by atoms with Crippen LogP contribution in [0.3, 0.4) is 0 Å². The molecule has 3 N–H and O–H groups in total. The number of amides is 1. The molecule has 2 aliphatic rings. The van der Waals surface area contributed by atoms with Crippen molar-refractivity contribution < 1.29 is 9.53 Å². The molecule has 2 rings (SSSR count). The fourth-order valence-corrected chi connectivity index (χ4v) is 4.37. The molecule has 0 aromatic rings. The number of likely N-dealkylation sites (tertiary alicyclic amines) is 1. The van der Waals surface area contributed by atoms with Gasteiger partial charge >= 0.3 is 0 Å². The number of rotatable bonds is 8. The molecule has 0 bridgehead atoms. The van der Waals surface area contributed by atoms with Gasteiger partial charge in [-0.05, 0) is 50.9 Å². The normalized spacial score (nSPS) is 22.8. The van der Waals surface area contributed by atoms with Crippen LogP contribution < -0.4 is 11.1 Å². The highest BCUT2D eigenvalue weighted by molar-refractivity contribution is 14.0. The van der Waals surface area contributed by atoms with E-state index in [2.05, 4.69) is 22.1 Å². The fourth-order valence-electron chi connectivity index (χ4n) is 4.37. The van der Waals surface area contributed by atoms with Gasteiger partial charge in [-0.2, -0.15) is 0 Å². The number of carbonyl (C=O) groups excluding carboxylic acids is 1. The van der Waals surface area contributed by atoms with E-state index in [0.29, 0.717) is 18.4 Å². The zero-order valence-electron chi connectivity index (χ0n) is 16.4. The van der Waals surface area contributed by atoms with Crippen molar-refractivity contribution in [1.82, 2.24) is 10.2 Å². The molecule has 152 valence electrons. The van der Waals surface area contributed by atoms with Crippen molar-refractivity contribution in [3.8, 4) is 0 Å². The Hall–Kier alpha value is -0.570. The average Bonchev–Trinajstić information content (AvgIpc) is 3.12. The third-order valence-electron chi connectivity index (χ3n) is 5.54. The van der Waals surface area contributed by atoms with Crippen LogP contribution in [0.25, 0.3) is 0 Å². The number of nitrogens with one attached hydrogen (secondary N) is 1. The zero-order chi connectivity index (χ0) is 18.1. The second-order valence-electron chi connectivity index (χ2n) is 7.43. The molecule has 0 aromatic heterocycles. The molecule has 2 atom stereocenters. The summed E-state index contributed by atoms with van der Waals surface area (Å²) < 4.78 is 6.00. The summed E-state index contributed by atoms with van der Waals surface area (Å²) in [6, 6.07) is 0. The lowest BCUT2D eigenvalue weighted by Gasteiger charge is -2.35. The van der Waals surface area contributed by atoms with E-state index in [1.807, 2.05) is 7.05 Å². The van der Waals surface area contributed by atoms with E-state index < -0.39 is 0 Å². The molecule has 2 unspecified atom stereocenters. The van der Waals surface area contributed by atoms with Gasteiger partial charge in [0, 0.05) is 39.7 Å². The first kappa shape index (κ1) is 23.5. The summed E-state index contributed by atoms with van der Waals surface area (Å²) in [5, 5.41) is 3.51. The molecule has 1 saturated heterocycles. The van der Waals surface area contributed by atoms with Gasteiger partial charge in [-0.25, -0.2) is 0 Å². The number of primary amides is 1. The first-order valence-corrected chi connectivity index (χ1v) is 9.99. The molecule has 0 radical (unpaired) electrons. The topological polar surface area (TPSA) is 79.9 Å². The Morgan fingerprint density at radius 3 is 2.65 bits per heavy atom. The fraction of sp³-hybridized carbons (Fsp3) is 0.895. The minimum atomic E-state index is -0.203. The van der Waals surface area contributed by atoms with Crippen LogP contribution in [0.2, 0.25) is 0 Å². The summed E-state index contributed by atoms with van der Waals surface area (Å²) in [5.41, 5.74) is 5.36. The van der Waals surface area contributed by atoms with Crippen molar-refractivity contribution in [2.24, 2.45) is 22.6 Å². The van der Waals surface area contributed by atoms with Crippen LogP contribution in [-0.4, -0.2) is 56.2 Å². The molecule has 0 spiro atoms. The molecule has 2 fully saturated rings. The third kappa shape index (κ3) is 7.58. The van der Waals surface area contributed by atoms with Crippen LogP contribution in [0.5, 0.6) is 0 Å². The minimum Gasteiger partial charge on any atom is -0.378 e. The van der Waals surface area contributed by atoms with Gasteiger partial charge in [-0.1, -0.05) is 12.8 Å². The van der Waals surface area contributed by atoms with Crippen LogP contribution in [-0.2, 0) is 9.53 Å². The highest BCUT2D eigenvalue weighted by atomic mass is 127. The molecule has 7 heteroatoms. The molecule has 1 aliphatic carbocycles. The lowest BCUT2D eigenvalue weighted by atomic mass is 9.95. The maximum Gasteiger partial charge on any atom is 0.217 e. The Labute approximate surface area is 175 Å². The third-order valence-corrected chi connectivity index (χ3v) is 5.54. The van der Waals surface area contributed by atoms with Crippen molar-refractivity contribution in [2.45, 2.75) is 64.4 Å². The van der Waals surface area contributed by atoms with Gasteiger partial charge in [0.15, 0.2) is 5.96 Å². The molecule has 6 nitrogen and oxygen atoms in total. The van der Waals surface area contributed by atoms with Gasteiger partial charge in [-0.3, -0.25) is 9.79 Å². The molecular formula is C19H37IN4O2. The van der Waals surface area contributed by atoms with Crippen molar-refractivity contribution in [3.63, 3.8) is 0 Å². The molecule has 0 aromatic carbocycles.